The lowest BCUT2D eigenvalue weighted by Gasteiger charge is -2.25. The number of rotatable bonds is 6. The molecular weight excluding hydrogens is 358 g/mol. The highest BCUT2D eigenvalue weighted by molar-refractivity contribution is 7.89. The Balaban J connectivity index is 1.57. The molecule has 0 bridgehead atoms. The number of H-pyrrole nitrogens is 1. The number of hydrogen-bond acceptors (Lipinski definition) is 3. The van der Waals surface area contributed by atoms with Crippen LogP contribution in [-0.2, 0) is 16.4 Å². The highest BCUT2D eigenvalue weighted by atomic mass is 35.5. The molecule has 0 saturated carbocycles. The largest absolute Gasteiger partial charge is 0.274 e. The van der Waals surface area contributed by atoms with E-state index in [1.165, 1.54) is 5.56 Å². The predicted molar refractivity (Wildman–Crippen MR) is 99.3 cm³/mol. The van der Waals surface area contributed by atoms with Crippen LogP contribution in [0.3, 0.4) is 0 Å². The minimum atomic E-state index is -3.38. The monoisotopic (exact) mass is 380 g/mol. The zero-order valence-electron chi connectivity index (χ0n) is 14.0. The molecule has 1 aliphatic heterocycles. The number of aromatic amines is 1. The van der Waals surface area contributed by atoms with Crippen LogP contribution in [0.5, 0.6) is 0 Å². The minimum Gasteiger partial charge on any atom is -0.274 e. The Morgan fingerprint density at radius 1 is 1.04 bits per heavy atom. The summed E-state index contributed by atoms with van der Waals surface area (Å²) in [6.07, 6.45) is 5.41. The predicted octanol–water partition coefficient (Wildman–Crippen LogP) is 2.98. The van der Waals surface area contributed by atoms with Crippen molar-refractivity contribution in [3.63, 3.8) is 0 Å². The van der Waals surface area contributed by atoms with Gasteiger partial charge >= 0.3 is 0 Å². The zero-order valence-corrected chi connectivity index (χ0v) is 15.6. The van der Waals surface area contributed by atoms with Crippen molar-refractivity contribution in [2.24, 2.45) is 0 Å². The van der Waals surface area contributed by atoms with Crippen molar-refractivity contribution < 1.29 is 13.4 Å². The molecule has 1 aromatic carbocycles. The maximum Gasteiger partial charge on any atom is 0.272 e. The third kappa shape index (κ3) is 4.71. The molecule has 0 amide bonds. The Hall–Kier alpha value is -1.63. The fraction of sp³-hybridized carbons (Fsp3) is 0.389. The number of hydrogen-bond donors (Lipinski definition) is 1. The number of nitrogens with one attached hydrogen (secondary N) is 2. The van der Waals surface area contributed by atoms with Crippen LogP contribution in [0.1, 0.15) is 24.8 Å². The van der Waals surface area contributed by atoms with E-state index in [0.717, 1.165) is 43.1 Å². The van der Waals surface area contributed by atoms with Crippen LogP contribution in [0.25, 0.3) is 0 Å². The normalized spacial score (nSPS) is 15.9. The van der Waals surface area contributed by atoms with E-state index in [4.69, 9.17) is 11.6 Å². The lowest BCUT2D eigenvalue weighted by Crippen LogP contribution is -2.36. The number of benzene rings is 1. The molecule has 7 heteroatoms. The maximum absolute atomic E-state index is 12.6. The van der Waals surface area contributed by atoms with Crippen LogP contribution in [0, 0.1) is 0 Å². The zero-order chi connectivity index (χ0) is 17.7. The third-order valence-corrected chi connectivity index (χ3v) is 6.53. The van der Waals surface area contributed by atoms with Crippen molar-refractivity contribution in [2.45, 2.75) is 30.6 Å². The van der Waals surface area contributed by atoms with Crippen molar-refractivity contribution in [1.29, 1.82) is 0 Å². The molecule has 0 unspecified atom stereocenters. The van der Waals surface area contributed by atoms with Gasteiger partial charge in [0.2, 0.25) is 10.0 Å². The highest BCUT2D eigenvalue weighted by Gasteiger charge is 2.26. The van der Waals surface area contributed by atoms with E-state index in [1.54, 1.807) is 22.6 Å². The second-order valence-electron chi connectivity index (χ2n) is 6.21. The second-order valence-corrected chi connectivity index (χ2v) is 8.58. The maximum atomic E-state index is 12.6. The van der Waals surface area contributed by atoms with Crippen LogP contribution in [0.15, 0.2) is 47.5 Å². The van der Waals surface area contributed by atoms with Crippen molar-refractivity contribution in [1.82, 2.24) is 4.31 Å². The average molecular weight is 381 g/mol. The van der Waals surface area contributed by atoms with Gasteiger partial charge in [0.25, 0.3) is 5.82 Å². The number of pyridine rings is 1. The Kier molecular flexibility index (Phi) is 5.93. The number of anilines is 1. The van der Waals surface area contributed by atoms with E-state index in [-0.39, 0.29) is 0 Å². The summed E-state index contributed by atoms with van der Waals surface area (Å²) >= 11 is 5.88. The van der Waals surface area contributed by atoms with Crippen LogP contribution < -0.4 is 10.3 Å². The second kappa shape index (κ2) is 8.17. The van der Waals surface area contributed by atoms with E-state index in [0.29, 0.717) is 18.0 Å². The molecule has 5 nitrogen and oxygen atoms in total. The fourth-order valence-electron chi connectivity index (χ4n) is 2.93. The van der Waals surface area contributed by atoms with E-state index >= 15 is 0 Å². The van der Waals surface area contributed by atoms with Gasteiger partial charge in [-0.2, -0.15) is 4.31 Å². The molecule has 1 saturated heterocycles. The molecule has 1 aliphatic rings. The molecule has 0 aliphatic carbocycles. The SMILES string of the molecule is O=S(=O)(c1ccc(NCCc2ccc(Cl)cc2)[nH+]c1)N1CCCCC1. The summed E-state index contributed by atoms with van der Waals surface area (Å²) in [5.41, 5.74) is 1.20. The molecule has 3 rings (SSSR count). The summed E-state index contributed by atoms with van der Waals surface area (Å²) in [6.45, 7) is 1.98. The Labute approximate surface area is 154 Å². The van der Waals surface area contributed by atoms with Gasteiger partial charge in [-0.05, 0) is 36.6 Å². The summed E-state index contributed by atoms with van der Waals surface area (Å²) in [6, 6.07) is 11.2. The molecule has 1 aromatic heterocycles. The summed E-state index contributed by atoms with van der Waals surface area (Å²) in [4.78, 5) is 3.36. The molecule has 2 aromatic rings. The van der Waals surface area contributed by atoms with Gasteiger partial charge in [-0.25, -0.2) is 13.4 Å². The van der Waals surface area contributed by atoms with Gasteiger partial charge in [-0.3, -0.25) is 5.32 Å². The molecule has 0 atom stereocenters. The van der Waals surface area contributed by atoms with Crippen molar-refractivity contribution in [3.8, 4) is 0 Å². The Bertz CT molecular complexity index is 786. The first kappa shape index (κ1) is 18.2. The lowest BCUT2D eigenvalue weighted by molar-refractivity contribution is -0.364. The fourth-order valence-corrected chi connectivity index (χ4v) is 4.54. The van der Waals surface area contributed by atoms with E-state index in [9.17, 15) is 8.42 Å². The number of aromatic nitrogens is 1. The van der Waals surface area contributed by atoms with E-state index < -0.39 is 10.0 Å². The van der Waals surface area contributed by atoms with Crippen molar-refractivity contribution in [3.05, 3.63) is 53.2 Å². The van der Waals surface area contributed by atoms with Gasteiger partial charge in [-0.1, -0.05) is 30.2 Å². The molecule has 1 fully saturated rings. The molecule has 0 spiro atoms. The summed E-state index contributed by atoms with van der Waals surface area (Å²) < 4.78 is 26.8. The average Bonchev–Trinajstić information content (AvgIpc) is 2.64. The quantitative estimate of drug-likeness (QED) is 0.837. The molecule has 0 radical (unpaired) electrons. The van der Waals surface area contributed by atoms with Gasteiger partial charge < -0.3 is 0 Å². The number of halogens is 1. The standard InChI is InChI=1S/C18H22ClN3O2S/c19-16-6-4-15(5-7-16)10-11-20-18-9-8-17(14-21-18)25(23,24)22-12-2-1-3-13-22/h4-9,14H,1-3,10-13H2,(H,20,21)/p+1. The Morgan fingerprint density at radius 2 is 1.76 bits per heavy atom. The van der Waals surface area contributed by atoms with E-state index in [2.05, 4.69) is 10.3 Å². The molecular formula is C18H23ClN3O2S+. The number of piperidine rings is 1. The van der Waals surface area contributed by atoms with Gasteiger partial charge in [0.15, 0.2) is 0 Å². The van der Waals surface area contributed by atoms with Crippen molar-refractivity contribution in [2.75, 3.05) is 25.0 Å². The summed E-state index contributed by atoms with van der Waals surface area (Å²) in [5, 5.41) is 4.00. The molecule has 134 valence electrons. The summed E-state index contributed by atoms with van der Waals surface area (Å²) in [5.74, 6) is 0.798. The van der Waals surface area contributed by atoms with Crippen LogP contribution >= 0.6 is 11.6 Å². The lowest BCUT2D eigenvalue weighted by atomic mass is 10.1. The smallest absolute Gasteiger partial charge is 0.272 e. The third-order valence-electron chi connectivity index (χ3n) is 4.38. The Morgan fingerprint density at radius 3 is 2.40 bits per heavy atom. The van der Waals surface area contributed by atoms with Gasteiger partial charge in [0.05, 0.1) is 6.54 Å². The molecule has 25 heavy (non-hydrogen) atoms. The van der Waals surface area contributed by atoms with Gasteiger partial charge in [0.1, 0.15) is 11.1 Å². The van der Waals surface area contributed by atoms with Crippen LogP contribution in [-0.4, -0.2) is 32.4 Å². The number of nitrogens with zero attached hydrogens (tertiary/aromatic N) is 1. The summed E-state index contributed by atoms with van der Waals surface area (Å²) in [7, 11) is -3.38. The topological polar surface area (TPSA) is 63.6 Å². The number of sulfonamides is 1. The first-order chi connectivity index (χ1) is 12.1. The first-order valence-corrected chi connectivity index (χ1v) is 10.4. The van der Waals surface area contributed by atoms with Crippen molar-refractivity contribution >= 4 is 27.4 Å². The molecule has 2 N–H and O–H groups in total. The van der Waals surface area contributed by atoms with Gasteiger partial charge in [-0.15, -0.1) is 0 Å². The first-order valence-electron chi connectivity index (χ1n) is 8.56. The van der Waals surface area contributed by atoms with Gasteiger partial charge in [0, 0.05) is 30.6 Å². The van der Waals surface area contributed by atoms with Crippen LogP contribution in [0.4, 0.5) is 5.82 Å². The highest BCUT2D eigenvalue weighted by Crippen LogP contribution is 2.19. The molecule has 2 heterocycles. The van der Waals surface area contributed by atoms with E-state index in [1.807, 2.05) is 24.3 Å². The minimum absolute atomic E-state index is 0.317. The van der Waals surface area contributed by atoms with Crippen LogP contribution in [0.2, 0.25) is 5.02 Å².